The first kappa shape index (κ1) is 23.1. The molecule has 1 aliphatic heterocycles. The van der Waals surface area contributed by atoms with Gasteiger partial charge in [-0.25, -0.2) is 4.79 Å². The molecule has 0 aliphatic carbocycles. The largest absolute Gasteiger partial charge is 0.382 e. The number of urea groups is 1. The van der Waals surface area contributed by atoms with E-state index in [2.05, 4.69) is 10.6 Å². The number of benzene rings is 2. The van der Waals surface area contributed by atoms with Crippen LogP contribution in [0.3, 0.4) is 0 Å². The summed E-state index contributed by atoms with van der Waals surface area (Å²) in [4.78, 5) is 27.0. The Labute approximate surface area is 188 Å². The lowest BCUT2D eigenvalue weighted by Gasteiger charge is -2.33. The second-order valence-corrected chi connectivity index (χ2v) is 8.09. The predicted octanol–water partition coefficient (Wildman–Crippen LogP) is 4.91. The molecule has 0 radical (unpaired) electrons. The molecule has 1 aliphatic rings. The number of anilines is 1. The molecule has 0 saturated carbocycles. The van der Waals surface area contributed by atoms with E-state index in [0.717, 1.165) is 37.1 Å². The Morgan fingerprint density at radius 1 is 1.19 bits per heavy atom. The van der Waals surface area contributed by atoms with Gasteiger partial charge in [-0.1, -0.05) is 23.7 Å². The Bertz CT molecular complexity index is 873. The molecule has 7 heteroatoms. The number of piperidine rings is 1. The fourth-order valence-corrected chi connectivity index (χ4v) is 3.85. The van der Waals surface area contributed by atoms with Crippen molar-refractivity contribution >= 4 is 29.2 Å². The highest BCUT2D eigenvalue weighted by Gasteiger charge is 2.25. The van der Waals surface area contributed by atoms with Crippen LogP contribution in [0.1, 0.15) is 48.0 Å². The molecular formula is C24H30ClN3O3. The maximum Gasteiger partial charge on any atom is 0.321 e. The summed E-state index contributed by atoms with van der Waals surface area (Å²) in [5, 5.41) is 6.51. The number of hydrogen-bond acceptors (Lipinski definition) is 3. The summed E-state index contributed by atoms with van der Waals surface area (Å²) < 4.78 is 5.30. The predicted molar refractivity (Wildman–Crippen MR) is 124 cm³/mol. The van der Waals surface area contributed by atoms with Gasteiger partial charge in [0, 0.05) is 55.0 Å². The number of amides is 3. The molecule has 2 N–H and O–H groups in total. The Kier molecular flexibility index (Phi) is 8.74. The third kappa shape index (κ3) is 6.97. The average Bonchev–Trinajstić information content (AvgIpc) is 2.80. The third-order valence-electron chi connectivity index (χ3n) is 5.38. The van der Waals surface area contributed by atoms with Crippen LogP contribution in [0.4, 0.5) is 10.5 Å². The highest BCUT2D eigenvalue weighted by Crippen LogP contribution is 2.28. The zero-order valence-electron chi connectivity index (χ0n) is 17.9. The van der Waals surface area contributed by atoms with Gasteiger partial charge in [0.25, 0.3) is 5.91 Å². The van der Waals surface area contributed by atoms with E-state index in [4.69, 9.17) is 16.3 Å². The minimum absolute atomic E-state index is 0.0773. The van der Waals surface area contributed by atoms with Gasteiger partial charge >= 0.3 is 6.03 Å². The summed E-state index contributed by atoms with van der Waals surface area (Å²) in [5.74, 6) is 0.127. The van der Waals surface area contributed by atoms with Gasteiger partial charge in [-0.15, -0.1) is 0 Å². The Morgan fingerprint density at radius 3 is 2.77 bits per heavy atom. The van der Waals surface area contributed by atoms with Gasteiger partial charge in [0.15, 0.2) is 0 Å². The molecule has 1 heterocycles. The smallest absolute Gasteiger partial charge is 0.321 e. The van der Waals surface area contributed by atoms with Crippen LogP contribution >= 0.6 is 11.6 Å². The summed E-state index contributed by atoms with van der Waals surface area (Å²) in [6.07, 6.45) is 2.70. The molecule has 1 saturated heterocycles. The molecule has 0 spiro atoms. The zero-order chi connectivity index (χ0) is 22.1. The minimum Gasteiger partial charge on any atom is -0.382 e. The molecule has 1 atom stereocenters. The number of hydrogen-bond donors (Lipinski definition) is 2. The number of nitrogens with one attached hydrogen (secondary N) is 2. The third-order valence-corrected chi connectivity index (χ3v) is 5.63. The van der Waals surface area contributed by atoms with Crippen molar-refractivity contribution in [3.63, 3.8) is 0 Å². The lowest BCUT2D eigenvalue weighted by atomic mass is 9.89. The maximum absolute atomic E-state index is 12.7. The molecule has 1 fully saturated rings. The molecule has 0 bridgehead atoms. The maximum atomic E-state index is 12.7. The van der Waals surface area contributed by atoms with Crippen LogP contribution < -0.4 is 10.6 Å². The van der Waals surface area contributed by atoms with Gasteiger partial charge in [0.1, 0.15) is 0 Å². The molecular weight excluding hydrogens is 414 g/mol. The summed E-state index contributed by atoms with van der Waals surface area (Å²) in [6.45, 7) is 5.22. The number of halogens is 1. The molecule has 2 aromatic rings. The van der Waals surface area contributed by atoms with E-state index in [0.29, 0.717) is 36.9 Å². The van der Waals surface area contributed by atoms with Crippen molar-refractivity contribution in [3.05, 3.63) is 64.7 Å². The van der Waals surface area contributed by atoms with Gasteiger partial charge in [-0.3, -0.25) is 4.79 Å². The van der Waals surface area contributed by atoms with Crippen molar-refractivity contribution in [3.8, 4) is 0 Å². The molecule has 3 amide bonds. The molecule has 6 nitrogen and oxygen atoms in total. The molecule has 0 aromatic heterocycles. The lowest BCUT2D eigenvalue weighted by Crippen LogP contribution is -2.41. The number of ether oxygens (including phenoxy) is 1. The Morgan fingerprint density at radius 2 is 2.00 bits per heavy atom. The van der Waals surface area contributed by atoms with E-state index in [-0.39, 0.29) is 17.9 Å². The number of nitrogens with zero attached hydrogens (tertiary/aromatic N) is 1. The van der Waals surface area contributed by atoms with Crippen molar-refractivity contribution in [1.82, 2.24) is 10.2 Å². The van der Waals surface area contributed by atoms with Gasteiger partial charge in [0.05, 0.1) is 0 Å². The quantitative estimate of drug-likeness (QED) is 0.569. The van der Waals surface area contributed by atoms with Crippen LogP contribution in [-0.2, 0) is 4.74 Å². The average molecular weight is 444 g/mol. The van der Waals surface area contributed by atoms with Crippen molar-refractivity contribution in [2.75, 3.05) is 38.2 Å². The van der Waals surface area contributed by atoms with Crippen LogP contribution in [0.15, 0.2) is 48.5 Å². The van der Waals surface area contributed by atoms with Crippen LogP contribution in [0.5, 0.6) is 0 Å². The van der Waals surface area contributed by atoms with E-state index in [9.17, 15) is 9.59 Å². The topological polar surface area (TPSA) is 70.7 Å². The van der Waals surface area contributed by atoms with E-state index in [1.54, 1.807) is 24.3 Å². The fourth-order valence-electron chi connectivity index (χ4n) is 3.73. The van der Waals surface area contributed by atoms with E-state index >= 15 is 0 Å². The first-order chi connectivity index (χ1) is 15.1. The second-order valence-electron chi connectivity index (χ2n) is 7.65. The van der Waals surface area contributed by atoms with Crippen LogP contribution in [0.25, 0.3) is 0 Å². The molecule has 1 unspecified atom stereocenters. The summed E-state index contributed by atoms with van der Waals surface area (Å²) in [7, 11) is 0. The number of carbonyl (C=O) groups excluding carboxylic acids is 2. The normalized spacial score (nSPS) is 16.1. The molecule has 166 valence electrons. The lowest BCUT2D eigenvalue weighted by molar-refractivity contribution is 0.0944. The van der Waals surface area contributed by atoms with Gasteiger partial charge in [0.2, 0.25) is 0 Å². The van der Waals surface area contributed by atoms with Crippen LogP contribution in [0.2, 0.25) is 5.02 Å². The molecule has 2 aromatic carbocycles. The van der Waals surface area contributed by atoms with E-state index < -0.39 is 0 Å². The van der Waals surface area contributed by atoms with E-state index in [1.165, 1.54) is 0 Å². The van der Waals surface area contributed by atoms with Gasteiger partial charge in [-0.2, -0.15) is 0 Å². The van der Waals surface area contributed by atoms with Crippen molar-refractivity contribution in [2.24, 2.45) is 0 Å². The molecule has 31 heavy (non-hydrogen) atoms. The number of rotatable bonds is 8. The first-order valence-corrected chi connectivity index (χ1v) is 11.2. The van der Waals surface area contributed by atoms with Crippen molar-refractivity contribution in [1.29, 1.82) is 0 Å². The highest BCUT2D eigenvalue weighted by atomic mass is 35.5. The van der Waals surface area contributed by atoms with Crippen LogP contribution in [0, 0.1) is 0 Å². The standard InChI is InChI=1S/C24H30ClN3O3/c1-2-31-15-5-13-26-23(29)19-7-3-6-18(16-19)20-8-4-14-28(17-20)24(30)27-22-11-9-21(25)10-12-22/h3,6-7,9-12,16,20H,2,4-5,8,13-15,17H2,1H3,(H,26,29)(H,27,30). The number of carbonyl (C=O) groups is 2. The van der Waals surface area contributed by atoms with Crippen molar-refractivity contribution < 1.29 is 14.3 Å². The zero-order valence-corrected chi connectivity index (χ0v) is 18.7. The minimum atomic E-state index is -0.116. The summed E-state index contributed by atoms with van der Waals surface area (Å²) >= 11 is 5.91. The summed E-state index contributed by atoms with van der Waals surface area (Å²) in [5.41, 5.74) is 2.46. The van der Waals surface area contributed by atoms with E-state index in [1.807, 2.05) is 36.1 Å². The monoisotopic (exact) mass is 443 g/mol. The van der Waals surface area contributed by atoms with Crippen LogP contribution in [-0.4, -0.2) is 49.7 Å². The van der Waals surface area contributed by atoms with Gasteiger partial charge in [-0.05, 0) is 68.1 Å². The van der Waals surface area contributed by atoms with Gasteiger partial charge < -0.3 is 20.3 Å². The summed E-state index contributed by atoms with van der Waals surface area (Å²) in [6, 6.07) is 14.7. The SMILES string of the molecule is CCOCCCNC(=O)c1cccc(C2CCCN(C(=O)Nc3ccc(Cl)cc3)C2)c1. The number of likely N-dealkylation sites (tertiary alicyclic amines) is 1. The molecule has 3 rings (SSSR count). The fraction of sp³-hybridized carbons (Fsp3) is 0.417. The Balaban J connectivity index is 1.57. The highest BCUT2D eigenvalue weighted by molar-refractivity contribution is 6.30. The van der Waals surface area contributed by atoms with Crippen molar-refractivity contribution in [2.45, 2.75) is 32.1 Å². The first-order valence-electron chi connectivity index (χ1n) is 10.8. The second kappa shape index (κ2) is 11.7. The Hall–Kier alpha value is -2.57.